The van der Waals surface area contributed by atoms with E-state index in [2.05, 4.69) is 15.3 Å². The molecule has 0 aromatic carbocycles. The van der Waals surface area contributed by atoms with Crippen LogP contribution in [0.5, 0.6) is 0 Å². The van der Waals surface area contributed by atoms with Gasteiger partial charge in [-0.1, -0.05) is 0 Å². The molecule has 2 aromatic heterocycles. The van der Waals surface area contributed by atoms with E-state index >= 15 is 0 Å². The van der Waals surface area contributed by atoms with E-state index in [0.717, 1.165) is 5.56 Å². The minimum Gasteiger partial charge on any atom is -0.480 e. The van der Waals surface area contributed by atoms with Crippen molar-refractivity contribution in [3.63, 3.8) is 0 Å². The van der Waals surface area contributed by atoms with Gasteiger partial charge in [0.25, 0.3) is 0 Å². The summed E-state index contributed by atoms with van der Waals surface area (Å²) in [5.74, 6) is -2.65. The van der Waals surface area contributed by atoms with Crippen LogP contribution >= 0.6 is 11.3 Å². The number of rotatable bonds is 7. The van der Waals surface area contributed by atoms with E-state index in [4.69, 9.17) is 10.8 Å². The van der Waals surface area contributed by atoms with E-state index in [1.165, 1.54) is 11.3 Å². The molecule has 0 aliphatic heterocycles. The summed E-state index contributed by atoms with van der Waals surface area (Å²) in [4.78, 5) is 42.0. The fraction of sp³-hybridized carbons (Fsp3) is 0.214. The quantitative estimate of drug-likeness (QED) is 0.661. The Hall–Kier alpha value is -2.81. The molecule has 0 aliphatic carbocycles. The molecule has 1 unspecified atom stereocenters. The number of aromatic nitrogens is 2. The van der Waals surface area contributed by atoms with Crippen LogP contribution in [0.2, 0.25) is 0 Å². The van der Waals surface area contributed by atoms with Crippen molar-refractivity contribution in [3.8, 4) is 10.6 Å². The second kappa shape index (κ2) is 7.45. The molecule has 2 amide bonds. The van der Waals surface area contributed by atoms with Gasteiger partial charge in [0.15, 0.2) is 0 Å². The van der Waals surface area contributed by atoms with Crippen LogP contribution < -0.4 is 11.1 Å². The molecule has 2 aromatic rings. The van der Waals surface area contributed by atoms with Gasteiger partial charge in [0.2, 0.25) is 11.8 Å². The van der Waals surface area contributed by atoms with Crippen molar-refractivity contribution in [3.05, 3.63) is 35.6 Å². The van der Waals surface area contributed by atoms with E-state index < -0.39 is 30.2 Å². The highest BCUT2D eigenvalue weighted by Crippen LogP contribution is 2.22. The number of hydrogen-bond donors (Lipinski definition) is 3. The molecule has 0 bridgehead atoms. The lowest BCUT2D eigenvalue weighted by Crippen LogP contribution is -2.43. The van der Waals surface area contributed by atoms with Crippen molar-refractivity contribution in [2.75, 3.05) is 0 Å². The highest BCUT2D eigenvalue weighted by atomic mass is 32.1. The maximum atomic E-state index is 11.9. The number of carboxylic acid groups (broad SMARTS) is 1. The molecule has 2 heterocycles. The summed E-state index contributed by atoms with van der Waals surface area (Å²) in [5.41, 5.74) is 6.30. The fourth-order valence-electron chi connectivity index (χ4n) is 1.82. The fourth-order valence-corrected chi connectivity index (χ4v) is 2.63. The molecule has 9 heteroatoms. The van der Waals surface area contributed by atoms with Gasteiger partial charge in [0.1, 0.15) is 11.0 Å². The molecule has 8 nitrogen and oxygen atoms in total. The van der Waals surface area contributed by atoms with Crippen molar-refractivity contribution in [2.24, 2.45) is 5.73 Å². The normalized spacial score (nSPS) is 11.7. The first-order valence-corrected chi connectivity index (χ1v) is 7.49. The van der Waals surface area contributed by atoms with Crippen LogP contribution in [0.25, 0.3) is 10.6 Å². The predicted octanol–water partition coefficient (Wildman–Crippen LogP) is 0.192. The number of pyridine rings is 1. The van der Waals surface area contributed by atoms with E-state index in [-0.39, 0.29) is 6.42 Å². The van der Waals surface area contributed by atoms with Gasteiger partial charge in [0.05, 0.1) is 18.5 Å². The zero-order valence-electron chi connectivity index (χ0n) is 11.9. The number of aliphatic carboxylic acids is 1. The average Bonchev–Trinajstić information content (AvgIpc) is 2.95. The number of carbonyl (C=O) groups is 3. The van der Waals surface area contributed by atoms with Crippen LogP contribution in [0.3, 0.4) is 0 Å². The van der Waals surface area contributed by atoms with Crippen molar-refractivity contribution in [1.29, 1.82) is 0 Å². The van der Waals surface area contributed by atoms with Gasteiger partial charge >= 0.3 is 5.97 Å². The molecule has 0 saturated carbocycles. The van der Waals surface area contributed by atoms with Crippen LogP contribution in [0, 0.1) is 0 Å². The van der Waals surface area contributed by atoms with E-state index in [1.807, 2.05) is 6.07 Å². The maximum Gasteiger partial charge on any atom is 0.326 e. The molecule has 1 atom stereocenters. The number of nitrogens with one attached hydrogen (secondary N) is 1. The Bertz CT molecular complexity index is 717. The molecular formula is C14H14N4O4S. The summed E-state index contributed by atoms with van der Waals surface area (Å²) < 4.78 is 0. The van der Waals surface area contributed by atoms with Crippen LogP contribution in [-0.2, 0) is 20.8 Å². The lowest BCUT2D eigenvalue weighted by molar-refractivity contribution is -0.143. The van der Waals surface area contributed by atoms with E-state index in [9.17, 15) is 14.4 Å². The SMILES string of the molecule is NC(=O)CC(NC(=O)Cc1csc(-c2cccnc2)n1)C(=O)O. The lowest BCUT2D eigenvalue weighted by Gasteiger charge is -2.12. The van der Waals surface area contributed by atoms with E-state index in [0.29, 0.717) is 10.7 Å². The smallest absolute Gasteiger partial charge is 0.326 e. The minimum atomic E-state index is -1.34. The molecule has 0 aliphatic rings. The van der Waals surface area contributed by atoms with Crippen LogP contribution in [-0.4, -0.2) is 38.9 Å². The molecule has 0 fully saturated rings. The topological polar surface area (TPSA) is 135 Å². The highest BCUT2D eigenvalue weighted by molar-refractivity contribution is 7.13. The first kappa shape index (κ1) is 16.6. The summed E-state index contributed by atoms with van der Waals surface area (Å²) in [6.45, 7) is 0. The Morgan fingerprint density at radius 1 is 1.39 bits per heavy atom. The number of nitrogens with zero attached hydrogens (tertiary/aromatic N) is 2. The standard InChI is InChI=1S/C14H14N4O4S/c15-11(19)5-10(14(21)22)18-12(20)4-9-7-23-13(17-9)8-2-1-3-16-6-8/h1-3,6-7,10H,4-5H2,(H2,15,19)(H,18,20)(H,21,22). The van der Waals surface area contributed by atoms with Gasteiger partial charge in [-0.15, -0.1) is 11.3 Å². The maximum absolute atomic E-state index is 11.9. The summed E-state index contributed by atoms with van der Waals surface area (Å²) >= 11 is 1.36. The number of nitrogens with two attached hydrogens (primary N) is 1. The van der Waals surface area contributed by atoms with Gasteiger partial charge < -0.3 is 16.2 Å². The third kappa shape index (κ3) is 4.85. The second-order valence-electron chi connectivity index (χ2n) is 4.69. The molecule has 0 spiro atoms. The van der Waals surface area contributed by atoms with Gasteiger partial charge in [-0.25, -0.2) is 9.78 Å². The van der Waals surface area contributed by atoms with E-state index in [1.54, 1.807) is 23.8 Å². The molecule has 120 valence electrons. The monoisotopic (exact) mass is 334 g/mol. The Balaban J connectivity index is 1.99. The molecule has 0 saturated heterocycles. The van der Waals surface area contributed by atoms with Crippen molar-refractivity contribution in [2.45, 2.75) is 18.9 Å². The summed E-state index contributed by atoms with van der Waals surface area (Å²) in [5, 5.41) is 13.6. The summed E-state index contributed by atoms with van der Waals surface area (Å²) in [6, 6.07) is 2.30. The van der Waals surface area contributed by atoms with Gasteiger partial charge in [-0.2, -0.15) is 0 Å². The van der Waals surface area contributed by atoms with Crippen molar-refractivity contribution >= 4 is 29.1 Å². The molecule has 23 heavy (non-hydrogen) atoms. The first-order chi connectivity index (χ1) is 11.0. The van der Waals surface area contributed by atoms with Crippen molar-refractivity contribution < 1.29 is 19.5 Å². The summed E-state index contributed by atoms with van der Waals surface area (Å²) in [7, 11) is 0. The first-order valence-electron chi connectivity index (χ1n) is 6.61. The Morgan fingerprint density at radius 3 is 2.78 bits per heavy atom. The summed E-state index contributed by atoms with van der Waals surface area (Å²) in [6.07, 6.45) is 2.77. The third-order valence-corrected chi connectivity index (χ3v) is 3.78. The second-order valence-corrected chi connectivity index (χ2v) is 5.55. The number of primary amides is 1. The van der Waals surface area contributed by atoms with Crippen LogP contribution in [0.4, 0.5) is 0 Å². The molecular weight excluding hydrogens is 320 g/mol. The van der Waals surface area contributed by atoms with Gasteiger partial charge in [-0.3, -0.25) is 14.6 Å². The zero-order chi connectivity index (χ0) is 16.8. The van der Waals surface area contributed by atoms with Crippen LogP contribution in [0.15, 0.2) is 29.9 Å². The van der Waals surface area contributed by atoms with Gasteiger partial charge in [0, 0.05) is 23.3 Å². The predicted molar refractivity (Wildman–Crippen MR) is 82.4 cm³/mol. The number of carboxylic acids is 1. The molecule has 0 radical (unpaired) electrons. The Kier molecular flexibility index (Phi) is 5.36. The zero-order valence-corrected chi connectivity index (χ0v) is 12.7. The largest absolute Gasteiger partial charge is 0.480 e. The number of thiazole rings is 1. The van der Waals surface area contributed by atoms with Gasteiger partial charge in [-0.05, 0) is 12.1 Å². The lowest BCUT2D eigenvalue weighted by atomic mass is 10.2. The van der Waals surface area contributed by atoms with Crippen LogP contribution in [0.1, 0.15) is 12.1 Å². The number of amides is 2. The number of hydrogen-bond acceptors (Lipinski definition) is 6. The average molecular weight is 334 g/mol. The minimum absolute atomic E-state index is 0.0840. The highest BCUT2D eigenvalue weighted by Gasteiger charge is 2.22. The molecule has 4 N–H and O–H groups in total. The molecule has 2 rings (SSSR count). The number of carbonyl (C=O) groups excluding carboxylic acids is 2. The Morgan fingerprint density at radius 2 is 2.17 bits per heavy atom. The third-order valence-electron chi connectivity index (χ3n) is 2.84. The van der Waals surface area contributed by atoms with Crippen molar-refractivity contribution in [1.82, 2.24) is 15.3 Å². The Labute approximate surface area is 135 Å².